The van der Waals surface area contributed by atoms with E-state index in [0.29, 0.717) is 17.2 Å². The number of hydrogen-bond acceptors (Lipinski definition) is 8. The fourth-order valence-electron chi connectivity index (χ4n) is 3.95. The number of amides is 3. The molecule has 0 bridgehead atoms. The fraction of sp³-hybridized carbons (Fsp3) is 0.429. The summed E-state index contributed by atoms with van der Waals surface area (Å²) in [5.41, 5.74) is 1.48. The van der Waals surface area contributed by atoms with Crippen LogP contribution in [0.25, 0.3) is 0 Å². The molecule has 1 saturated heterocycles. The number of hydrogen-bond donors (Lipinski definition) is 1. The van der Waals surface area contributed by atoms with E-state index in [0.717, 1.165) is 16.7 Å². The number of thioether (sulfide) groups is 1. The van der Waals surface area contributed by atoms with Crippen molar-refractivity contribution in [3.63, 3.8) is 0 Å². The van der Waals surface area contributed by atoms with Gasteiger partial charge in [-0.3, -0.25) is 4.90 Å². The van der Waals surface area contributed by atoms with Gasteiger partial charge in [-0.1, -0.05) is 0 Å². The van der Waals surface area contributed by atoms with Crippen LogP contribution < -0.4 is 15.4 Å². The van der Waals surface area contributed by atoms with Gasteiger partial charge in [0.15, 0.2) is 0 Å². The Balaban J connectivity index is 1.39. The monoisotopic (exact) mass is 566 g/mol. The summed E-state index contributed by atoms with van der Waals surface area (Å²) >= 11 is 0.933. The van der Waals surface area contributed by atoms with Crippen LogP contribution in [0, 0.1) is 0 Å². The van der Waals surface area contributed by atoms with E-state index in [1.807, 2.05) is 0 Å². The van der Waals surface area contributed by atoms with Gasteiger partial charge in [0, 0.05) is 32.7 Å². The largest absolute Gasteiger partial charge is 0.479 e. The maximum atomic E-state index is 13.1. The minimum atomic E-state index is -4.94. The van der Waals surface area contributed by atoms with Crippen LogP contribution in [0.15, 0.2) is 29.6 Å². The highest BCUT2D eigenvalue weighted by Crippen LogP contribution is 2.46. The van der Waals surface area contributed by atoms with Gasteiger partial charge < -0.3 is 20.1 Å². The molecule has 2 aliphatic heterocycles. The summed E-state index contributed by atoms with van der Waals surface area (Å²) < 4.78 is 89.4. The number of carbonyl (C=O) groups is 2. The Morgan fingerprint density at radius 1 is 1.03 bits per heavy atom. The average molecular weight is 566 g/mol. The summed E-state index contributed by atoms with van der Waals surface area (Å²) in [6.07, 6.45) is -9.48. The van der Waals surface area contributed by atoms with Gasteiger partial charge in [0.05, 0.1) is 18.2 Å². The highest BCUT2D eigenvalue weighted by atomic mass is 32.2. The lowest BCUT2D eigenvalue weighted by atomic mass is 10.0. The lowest BCUT2D eigenvalue weighted by Gasteiger charge is -2.35. The summed E-state index contributed by atoms with van der Waals surface area (Å²) in [5, 5.41) is 0.303. The number of primary amides is 1. The molecule has 0 aliphatic carbocycles. The zero-order valence-corrected chi connectivity index (χ0v) is 20.4. The Morgan fingerprint density at radius 3 is 2.16 bits per heavy atom. The van der Waals surface area contributed by atoms with Crippen LogP contribution >= 0.6 is 11.8 Å². The van der Waals surface area contributed by atoms with E-state index in [1.54, 1.807) is 4.90 Å². The van der Waals surface area contributed by atoms with Crippen LogP contribution in [0.1, 0.15) is 16.7 Å². The highest BCUT2D eigenvalue weighted by Gasteiger charge is 2.42. The summed E-state index contributed by atoms with van der Waals surface area (Å²) in [6, 6.07) is 0.500. The van der Waals surface area contributed by atoms with Gasteiger partial charge in [-0.05, 0) is 35.5 Å². The molecule has 2 N–H and O–H groups in total. The van der Waals surface area contributed by atoms with Crippen LogP contribution in [0.4, 0.5) is 41.6 Å². The van der Waals surface area contributed by atoms with Gasteiger partial charge in [0.1, 0.15) is 17.0 Å². The smallest absolute Gasteiger partial charge is 0.416 e. The van der Waals surface area contributed by atoms with Gasteiger partial charge >= 0.3 is 24.5 Å². The van der Waals surface area contributed by atoms with Gasteiger partial charge in [0.25, 0.3) is 0 Å². The Morgan fingerprint density at radius 2 is 1.63 bits per heavy atom. The molecule has 0 spiro atoms. The number of urea groups is 1. The van der Waals surface area contributed by atoms with E-state index >= 15 is 0 Å². The lowest BCUT2D eigenvalue weighted by molar-refractivity contribution is -0.143. The summed E-state index contributed by atoms with van der Waals surface area (Å²) in [6.45, 7) is 0.284. The van der Waals surface area contributed by atoms with E-state index < -0.39 is 41.2 Å². The predicted octanol–water partition coefficient (Wildman–Crippen LogP) is 3.75. The Labute approximate surface area is 215 Å². The van der Waals surface area contributed by atoms with Gasteiger partial charge in [-0.2, -0.15) is 31.3 Å². The van der Waals surface area contributed by atoms with E-state index in [1.165, 1.54) is 18.3 Å². The number of nitrogens with zero attached hydrogens (tertiary/aromatic N) is 5. The molecule has 1 aromatic heterocycles. The predicted molar refractivity (Wildman–Crippen MR) is 120 cm³/mol. The van der Waals surface area contributed by atoms with Crippen molar-refractivity contribution in [1.82, 2.24) is 19.8 Å². The number of aromatic nitrogens is 2. The van der Waals surface area contributed by atoms with Crippen molar-refractivity contribution < 1.29 is 45.4 Å². The number of ether oxygens (including phenoxy) is 2. The Kier molecular flexibility index (Phi) is 7.51. The molecular weight excluding hydrogens is 546 g/mol. The fourth-order valence-corrected chi connectivity index (χ4v) is 4.99. The number of carbonyl (C=O) groups excluding carboxylic acids is 2. The first-order valence-electron chi connectivity index (χ1n) is 10.9. The topological polar surface area (TPSA) is 114 Å². The van der Waals surface area contributed by atoms with E-state index in [9.17, 15) is 35.9 Å². The molecule has 4 rings (SSSR count). The molecule has 206 valence electrons. The van der Waals surface area contributed by atoms with Crippen molar-refractivity contribution in [3.05, 3.63) is 41.2 Å². The summed E-state index contributed by atoms with van der Waals surface area (Å²) in [5.74, 6) is 0.0525. The van der Waals surface area contributed by atoms with Crippen LogP contribution in [0.2, 0.25) is 0 Å². The van der Waals surface area contributed by atoms with E-state index in [4.69, 9.17) is 15.2 Å². The maximum Gasteiger partial charge on any atom is 0.416 e. The molecule has 1 atom stereocenters. The number of alkyl halides is 6. The zero-order chi connectivity index (χ0) is 27.8. The number of rotatable bonds is 4. The quantitative estimate of drug-likeness (QED) is 0.440. The Bertz CT molecular complexity index is 1190. The van der Waals surface area contributed by atoms with Crippen LogP contribution in [-0.4, -0.2) is 70.7 Å². The molecule has 3 amide bonds. The molecule has 2 aliphatic rings. The minimum absolute atomic E-state index is 0.0525. The number of halogens is 6. The first kappa shape index (κ1) is 27.6. The molecule has 1 unspecified atom stereocenters. The van der Waals surface area contributed by atoms with Crippen molar-refractivity contribution in [1.29, 1.82) is 0 Å². The summed E-state index contributed by atoms with van der Waals surface area (Å²) in [4.78, 5) is 36.7. The van der Waals surface area contributed by atoms with Crippen molar-refractivity contribution in [2.45, 2.75) is 29.5 Å². The van der Waals surface area contributed by atoms with Gasteiger partial charge in [-0.25, -0.2) is 19.5 Å². The molecular formula is C21H20F6N6O4S. The number of piperazine rings is 1. The average Bonchev–Trinajstić information content (AvgIpc) is 3.21. The van der Waals surface area contributed by atoms with Crippen LogP contribution in [0.5, 0.6) is 5.88 Å². The van der Waals surface area contributed by atoms with Gasteiger partial charge in [-0.15, -0.1) is 0 Å². The molecule has 10 nitrogen and oxygen atoms in total. The zero-order valence-electron chi connectivity index (χ0n) is 19.5. The van der Waals surface area contributed by atoms with E-state index in [2.05, 4.69) is 9.97 Å². The van der Waals surface area contributed by atoms with Crippen molar-refractivity contribution >= 4 is 29.6 Å². The van der Waals surface area contributed by atoms with Crippen molar-refractivity contribution in [2.24, 2.45) is 5.73 Å². The normalized spacial score (nSPS) is 18.3. The first-order chi connectivity index (χ1) is 17.8. The number of fused-ring (bicyclic) bond motifs is 1. The number of anilines is 1. The third kappa shape index (κ3) is 5.82. The molecule has 38 heavy (non-hydrogen) atoms. The number of benzene rings is 1. The van der Waals surface area contributed by atoms with Gasteiger partial charge in [0.2, 0.25) is 11.4 Å². The number of nitrogens with two attached hydrogens (primary N) is 1. The molecule has 1 fully saturated rings. The SMILES string of the molecule is COc1ncnc2c1N(C(N)=O)C(OC(=O)N1CCN(Cc3cc(C(F)(F)F)cc(C(F)(F)F)c3)CC1)S2. The molecule has 0 radical (unpaired) electrons. The second-order valence-corrected chi connectivity index (χ2v) is 9.26. The molecule has 0 saturated carbocycles. The molecule has 17 heteroatoms. The maximum absolute atomic E-state index is 13.1. The minimum Gasteiger partial charge on any atom is -0.479 e. The second kappa shape index (κ2) is 10.4. The number of methoxy groups -OCH3 is 1. The third-order valence-corrected chi connectivity index (χ3v) is 6.77. The van der Waals surface area contributed by atoms with Crippen molar-refractivity contribution in [2.75, 3.05) is 38.2 Å². The molecule has 3 heterocycles. The standard InChI is InChI=1S/C21H20F6N6O4S/c1-36-15-14-16(30-10-29-15)38-19(33(14)17(28)34)37-18(35)32-4-2-31(3-5-32)9-11-6-12(20(22,23)24)8-13(7-11)21(25,26)27/h6-8,10,19H,2-5,9H2,1H3,(H2,28,34). The summed E-state index contributed by atoms with van der Waals surface area (Å²) in [7, 11) is 1.33. The first-order valence-corrected chi connectivity index (χ1v) is 11.8. The Hall–Kier alpha value is -3.47. The van der Waals surface area contributed by atoms with Crippen LogP contribution in [-0.2, 0) is 23.6 Å². The lowest BCUT2D eigenvalue weighted by Crippen LogP contribution is -2.50. The third-order valence-electron chi connectivity index (χ3n) is 5.74. The van der Waals surface area contributed by atoms with Crippen molar-refractivity contribution in [3.8, 4) is 5.88 Å². The highest BCUT2D eigenvalue weighted by molar-refractivity contribution is 8.00. The van der Waals surface area contributed by atoms with Crippen LogP contribution in [0.3, 0.4) is 0 Å². The van der Waals surface area contributed by atoms with E-state index in [-0.39, 0.29) is 55.9 Å². The second-order valence-electron chi connectivity index (χ2n) is 8.23. The molecule has 1 aromatic carbocycles. The molecule has 2 aromatic rings.